The van der Waals surface area contributed by atoms with E-state index in [-0.39, 0.29) is 11.8 Å². The maximum Gasteiger partial charge on any atom is 0.321 e. The van der Waals surface area contributed by atoms with Gasteiger partial charge in [0.1, 0.15) is 22.8 Å². The maximum atomic E-state index is 13.9. The van der Waals surface area contributed by atoms with Gasteiger partial charge in [-0.3, -0.25) is 0 Å². The van der Waals surface area contributed by atoms with Crippen molar-refractivity contribution in [1.82, 2.24) is 9.88 Å². The van der Waals surface area contributed by atoms with Crippen molar-refractivity contribution < 1.29 is 18.7 Å². The highest BCUT2D eigenvalue weighted by Crippen LogP contribution is 2.31. The Bertz CT molecular complexity index is 1010. The number of aromatic nitrogens is 1. The Morgan fingerprint density at radius 3 is 2.41 bits per heavy atom. The Morgan fingerprint density at radius 2 is 1.79 bits per heavy atom. The first-order valence-corrected chi connectivity index (χ1v) is 9.98. The predicted molar refractivity (Wildman–Crippen MR) is 112 cm³/mol. The van der Waals surface area contributed by atoms with Crippen LogP contribution in [0.25, 0.3) is 10.2 Å². The normalized spacial score (nSPS) is 14.2. The van der Waals surface area contributed by atoms with E-state index >= 15 is 0 Å². The van der Waals surface area contributed by atoms with Crippen molar-refractivity contribution in [1.29, 1.82) is 0 Å². The number of thiazole rings is 1. The number of anilines is 2. The molecular formula is C20H21FN4O3S. The van der Waals surface area contributed by atoms with Crippen LogP contribution in [0.1, 0.15) is 0 Å². The van der Waals surface area contributed by atoms with Crippen LogP contribution in [0.3, 0.4) is 0 Å². The monoisotopic (exact) mass is 416 g/mol. The molecule has 3 aromatic rings. The lowest BCUT2D eigenvalue weighted by Crippen LogP contribution is -2.50. The van der Waals surface area contributed by atoms with Crippen molar-refractivity contribution >= 4 is 38.4 Å². The summed E-state index contributed by atoms with van der Waals surface area (Å²) in [5, 5.41) is 3.67. The number of halogens is 1. The number of methoxy groups -OCH3 is 2. The van der Waals surface area contributed by atoms with Crippen LogP contribution in [-0.4, -0.2) is 56.3 Å². The first kappa shape index (κ1) is 19.3. The molecule has 1 saturated heterocycles. The van der Waals surface area contributed by atoms with Crippen LogP contribution in [0.15, 0.2) is 36.4 Å². The van der Waals surface area contributed by atoms with Crippen LogP contribution >= 0.6 is 11.3 Å². The van der Waals surface area contributed by atoms with Crippen molar-refractivity contribution in [2.75, 3.05) is 50.6 Å². The standard InChI is InChI=1S/C20H21FN4O3S/c1-27-14-10-13(11-15(12-14)28-2)22-19(26)24-6-8-25(9-7-24)20-23-18-16(21)4-3-5-17(18)29-20/h3-5,10-12H,6-9H2,1-2H3,(H,22,26). The molecule has 0 saturated carbocycles. The molecule has 1 aromatic heterocycles. The van der Waals surface area contributed by atoms with Crippen molar-refractivity contribution in [2.24, 2.45) is 0 Å². The van der Waals surface area contributed by atoms with E-state index < -0.39 is 0 Å². The van der Waals surface area contributed by atoms with Crippen LogP contribution < -0.4 is 19.7 Å². The highest BCUT2D eigenvalue weighted by atomic mass is 32.1. The Labute approximate surface area is 171 Å². The molecule has 0 bridgehead atoms. The summed E-state index contributed by atoms with van der Waals surface area (Å²) in [5.74, 6) is 0.900. The average Bonchev–Trinajstić information content (AvgIpc) is 3.19. The van der Waals surface area contributed by atoms with Gasteiger partial charge in [-0.25, -0.2) is 14.2 Å². The number of carbonyl (C=O) groups is 1. The number of piperazine rings is 1. The lowest BCUT2D eigenvalue weighted by atomic mass is 10.2. The molecular weight excluding hydrogens is 395 g/mol. The van der Waals surface area contributed by atoms with Crippen molar-refractivity contribution in [3.05, 3.63) is 42.2 Å². The van der Waals surface area contributed by atoms with Gasteiger partial charge in [0.15, 0.2) is 5.13 Å². The summed E-state index contributed by atoms with van der Waals surface area (Å²) in [6.45, 7) is 2.36. The minimum atomic E-state index is -0.309. The van der Waals surface area contributed by atoms with Gasteiger partial charge in [-0.15, -0.1) is 0 Å². The fourth-order valence-electron chi connectivity index (χ4n) is 3.22. The van der Waals surface area contributed by atoms with Gasteiger partial charge in [0, 0.05) is 50.1 Å². The van der Waals surface area contributed by atoms with Gasteiger partial charge < -0.3 is 24.6 Å². The summed E-state index contributed by atoms with van der Waals surface area (Å²) in [7, 11) is 3.13. The second-order valence-corrected chi connectivity index (χ2v) is 7.60. The summed E-state index contributed by atoms with van der Waals surface area (Å²) in [5.41, 5.74) is 1.01. The van der Waals surface area contributed by atoms with Crippen molar-refractivity contribution in [3.63, 3.8) is 0 Å². The lowest BCUT2D eigenvalue weighted by Gasteiger charge is -2.34. The molecule has 152 valence electrons. The topological polar surface area (TPSA) is 66.9 Å². The van der Waals surface area contributed by atoms with E-state index in [0.29, 0.717) is 48.9 Å². The van der Waals surface area contributed by atoms with Gasteiger partial charge in [-0.1, -0.05) is 17.4 Å². The molecule has 4 rings (SSSR count). The number of para-hydroxylation sites is 1. The molecule has 1 aliphatic rings. The fraction of sp³-hybridized carbons (Fsp3) is 0.300. The number of nitrogens with zero attached hydrogens (tertiary/aromatic N) is 3. The Morgan fingerprint density at radius 1 is 1.10 bits per heavy atom. The molecule has 0 unspecified atom stereocenters. The minimum Gasteiger partial charge on any atom is -0.497 e. The number of hydrogen-bond donors (Lipinski definition) is 1. The molecule has 0 radical (unpaired) electrons. The van der Waals surface area contributed by atoms with Crippen LogP contribution in [0.2, 0.25) is 0 Å². The van der Waals surface area contributed by atoms with Gasteiger partial charge in [-0.05, 0) is 12.1 Å². The Hall–Kier alpha value is -3.07. The van der Waals surface area contributed by atoms with Gasteiger partial charge >= 0.3 is 6.03 Å². The molecule has 0 aliphatic carbocycles. The molecule has 2 heterocycles. The Kier molecular flexibility index (Phi) is 5.39. The first-order chi connectivity index (χ1) is 14.1. The average molecular weight is 416 g/mol. The molecule has 2 aromatic carbocycles. The number of rotatable bonds is 4. The molecule has 29 heavy (non-hydrogen) atoms. The number of urea groups is 1. The summed E-state index contributed by atoms with van der Waals surface area (Å²) in [4.78, 5) is 20.9. The van der Waals surface area contributed by atoms with E-state index in [1.807, 2.05) is 6.07 Å². The second kappa shape index (κ2) is 8.12. The fourth-order valence-corrected chi connectivity index (χ4v) is 4.25. The molecule has 9 heteroatoms. The highest BCUT2D eigenvalue weighted by molar-refractivity contribution is 7.22. The van der Waals surface area contributed by atoms with Gasteiger partial charge in [0.2, 0.25) is 0 Å². The Balaban J connectivity index is 1.40. The van der Waals surface area contributed by atoms with Crippen LogP contribution in [0.5, 0.6) is 11.5 Å². The third-order valence-corrected chi connectivity index (χ3v) is 5.88. The number of hydrogen-bond acceptors (Lipinski definition) is 6. The SMILES string of the molecule is COc1cc(NC(=O)N2CCN(c3nc4c(F)cccc4s3)CC2)cc(OC)c1. The summed E-state index contributed by atoms with van der Waals surface area (Å²) >= 11 is 1.47. The molecule has 0 atom stereocenters. The zero-order valence-electron chi connectivity index (χ0n) is 16.1. The molecule has 0 spiro atoms. The van der Waals surface area contributed by atoms with E-state index in [9.17, 15) is 9.18 Å². The van der Waals surface area contributed by atoms with Gasteiger partial charge in [-0.2, -0.15) is 0 Å². The summed E-state index contributed by atoms with van der Waals surface area (Å²) < 4.78 is 25.2. The molecule has 1 N–H and O–H groups in total. The van der Waals surface area contributed by atoms with Gasteiger partial charge in [0.05, 0.1) is 18.9 Å². The van der Waals surface area contributed by atoms with Crippen molar-refractivity contribution in [2.45, 2.75) is 0 Å². The summed E-state index contributed by atoms with van der Waals surface area (Å²) in [6, 6.07) is 10.0. The van der Waals surface area contributed by atoms with E-state index in [1.54, 1.807) is 43.4 Å². The van der Waals surface area contributed by atoms with Gasteiger partial charge in [0.25, 0.3) is 0 Å². The summed E-state index contributed by atoms with van der Waals surface area (Å²) in [6.07, 6.45) is 0. The molecule has 1 fully saturated rings. The van der Waals surface area contributed by atoms with E-state index in [2.05, 4.69) is 15.2 Å². The zero-order valence-corrected chi connectivity index (χ0v) is 17.0. The maximum absolute atomic E-state index is 13.9. The predicted octanol–water partition coefficient (Wildman–Crippen LogP) is 3.81. The minimum absolute atomic E-state index is 0.185. The zero-order chi connectivity index (χ0) is 20.4. The largest absolute Gasteiger partial charge is 0.497 e. The number of carbonyl (C=O) groups excluding carboxylic acids is 1. The smallest absolute Gasteiger partial charge is 0.321 e. The van der Waals surface area contributed by atoms with Crippen LogP contribution in [-0.2, 0) is 0 Å². The quantitative estimate of drug-likeness (QED) is 0.701. The number of nitrogens with one attached hydrogen (secondary N) is 1. The third kappa shape index (κ3) is 4.04. The number of amides is 2. The molecule has 7 nitrogen and oxygen atoms in total. The first-order valence-electron chi connectivity index (χ1n) is 9.16. The van der Waals surface area contributed by atoms with Crippen LogP contribution in [0, 0.1) is 5.82 Å². The third-order valence-electron chi connectivity index (χ3n) is 4.80. The number of fused-ring (bicyclic) bond motifs is 1. The second-order valence-electron chi connectivity index (χ2n) is 6.59. The number of ether oxygens (including phenoxy) is 2. The lowest BCUT2D eigenvalue weighted by molar-refractivity contribution is 0.208. The molecule has 2 amide bonds. The van der Waals surface area contributed by atoms with E-state index in [1.165, 1.54) is 17.4 Å². The van der Waals surface area contributed by atoms with Crippen LogP contribution in [0.4, 0.5) is 20.0 Å². The molecule has 1 aliphatic heterocycles. The van der Waals surface area contributed by atoms with E-state index in [0.717, 1.165) is 9.83 Å². The highest BCUT2D eigenvalue weighted by Gasteiger charge is 2.24. The van der Waals surface area contributed by atoms with Crippen molar-refractivity contribution in [3.8, 4) is 11.5 Å². The van der Waals surface area contributed by atoms with E-state index in [4.69, 9.17) is 9.47 Å². The number of benzene rings is 2.